The minimum Gasteiger partial charge on any atom is -0.496 e. The average Bonchev–Trinajstić information content (AvgIpc) is 2.80. The third-order valence-electron chi connectivity index (χ3n) is 6.08. The van der Waals surface area contributed by atoms with Crippen LogP contribution in [0.2, 0.25) is 5.02 Å². The number of ether oxygens (including phenoxy) is 1. The van der Waals surface area contributed by atoms with Gasteiger partial charge in [-0.25, -0.2) is 4.57 Å². The second kappa shape index (κ2) is 11.4. The first-order valence-corrected chi connectivity index (χ1v) is 13.3. The number of methoxy groups -OCH3 is 1. The summed E-state index contributed by atoms with van der Waals surface area (Å²) in [6, 6.07) is 14.2. The van der Waals surface area contributed by atoms with Gasteiger partial charge in [-0.3, -0.25) is 9.05 Å². The molecule has 182 valence electrons. The van der Waals surface area contributed by atoms with Gasteiger partial charge in [-0.15, -0.1) is 0 Å². The largest absolute Gasteiger partial charge is 0.496 e. The van der Waals surface area contributed by atoms with Crippen LogP contribution in [0.5, 0.6) is 5.75 Å². The highest BCUT2D eigenvalue weighted by molar-refractivity contribution is 7.47. The van der Waals surface area contributed by atoms with E-state index in [1.165, 1.54) is 24.0 Å². The Kier molecular flexibility index (Phi) is 9.02. The smallest absolute Gasteiger partial charge is 0.472 e. The van der Waals surface area contributed by atoms with Gasteiger partial charge in [0, 0.05) is 22.0 Å². The number of phosphoric ester groups is 1. The molecule has 0 bridgehead atoms. The Balaban J connectivity index is 0.000000186. The van der Waals surface area contributed by atoms with Crippen LogP contribution < -0.4 is 10.1 Å². The van der Waals surface area contributed by atoms with E-state index in [-0.39, 0.29) is 6.61 Å². The van der Waals surface area contributed by atoms with Crippen molar-refractivity contribution in [3.05, 3.63) is 64.2 Å². The fourth-order valence-corrected chi connectivity index (χ4v) is 5.74. The molecule has 0 spiro atoms. The molecule has 2 aromatic carbocycles. The highest BCUT2D eigenvalue weighted by Crippen LogP contribution is 2.58. The van der Waals surface area contributed by atoms with E-state index in [1.54, 1.807) is 25.3 Å². The van der Waals surface area contributed by atoms with Crippen molar-refractivity contribution in [3.8, 4) is 5.75 Å². The highest BCUT2D eigenvalue weighted by Gasteiger charge is 2.45. The minimum atomic E-state index is -3.97. The molecule has 1 heterocycles. The molecule has 0 amide bonds. The number of halogens is 1. The van der Waals surface area contributed by atoms with Crippen molar-refractivity contribution < 1.29 is 23.2 Å². The standard InChI is InChI=1S/C14H21NO.C11H14ClO4P/c1-3-9-15-12-7-8-13-11(10-12)5-4-6-14(13)16-2;1-11(2)7-15-17(13,14)16-10(11)8-5-3-4-6-9(8)12/h4-6,12,15H,3,7-10H2,1-2H3;3-6,10H,7H2,1-2H3,(H,13,14)/t;10-/m.0/s1. The van der Waals surface area contributed by atoms with Gasteiger partial charge >= 0.3 is 7.82 Å². The summed E-state index contributed by atoms with van der Waals surface area (Å²) in [5, 5.41) is 4.13. The van der Waals surface area contributed by atoms with Gasteiger partial charge in [0.1, 0.15) is 11.9 Å². The van der Waals surface area contributed by atoms with Gasteiger partial charge in [-0.2, -0.15) is 0 Å². The topological polar surface area (TPSA) is 77.0 Å². The molecule has 4 rings (SSSR count). The molecule has 33 heavy (non-hydrogen) atoms. The summed E-state index contributed by atoms with van der Waals surface area (Å²) in [5.41, 5.74) is 3.16. The average molecular weight is 496 g/mol. The maximum Gasteiger partial charge on any atom is 0.472 e. The molecule has 2 aromatic rings. The van der Waals surface area contributed by atoms with Gasteiger partial charge in [0.25, 0.3) is 0 Å². The third kappa shape index (κ3) is 6.82. The van der Waals surface area contributed by atoms with Gasteiger partial charge in [0.15, 0.2) is 0 Å². The van der Waals surface area contributed by atoms with Crippen molar-refractivity contribution in [3.63, 3.8) is 0 Å². The second-order valence-corrected chi connectivity index (χ2v) is 11.0. The first kappa shape index (κ1) is 26.2. The van der Waals surface area contributed by atoms with Crippen LogP contribution in [0.4, 0.5) is 0 Å². The van der Waals surface area contributed by atoms with Crippen LogP contribution >= 0.6 is 19.4 Å². The lowest BCUT2D eigenvalue weighted by Crippen LogP contribution is -2.35. The molecule has 8 heteroatoms. The Bertz CT molecular complexity index is 983. The van der Waals surface area contributed by atoms with Gasteiger partial charge in [-0.05, 0) is 55.5 Å². The van der Waals surface area contributed by atoms with Crippen molar-refractivity contribution in [2.75, 3.05) is 20.3 Å². The molecule has 2 aliphatic rings. The molecule has 0 radical (unpaired) electrons. The van der Waals surface area contributed by atoms with Crippen LogP contribution in [0.1, 0.15) is 56.4 Å². The highest BCUT2D eigenvalue weighted by atomic mass is 35.5. The van der Waals surface area contributed by atoms with Crippen LogP contribution in [0.3, 0.4) is 0 Å². The molecule has 0 aromatic heterocycles. The SMILES string of the molecule is CC1(C)COP(=O)(O)O[C@H]1c1ccccc1Cl.CCCNC1CCc2c(cccc2OC)C1. The summed E-state index contributed by atoms with van der Waals surface area (Å²) >= 11 is 6.09. The second-order valence-electron chi connectivity index (χ2n) is 9.23. The number of benzene rings is 2. The monoisotopic (exact) mass is 495 g/mol. The van der Waals surface area contributed by atoms with Crippen LogP contribution in [0.15, 0.2) is 42.5 Å². The number of hydrogen-bond donors (Lipinski definition) is 2. The van der Waals surface area contributed by atoms with E-state index in [9.17, 15) is 9.46 Å². The van der Waals surface area contributed by atoms with Crippen molar-refractivity contribution in [1.82, 2.24) is 5.32 Å². The summed E-state index contributed by atoms with van der Waals surface area (Å²) in [6.07, 6.45) is 4.17. The molecular weight excluding hydrogens is 461 g/mol. The Morgan fingerprint density at radius 1 is 1.24 bits per heavy atom. The molecule has 0 saturated carbocycles. The zero-order valence-corrected chi connectivity index (χ0v) is 21.5. The van der Waals surface area contributed by atoms with E-state index < -0.39 is 19.3 Å². The molecule has 2 N–H and O–H groups in total. The van der Waals surface area contributed by atoms with Crippen LogP contribution in [-0.2, 0) is 26.5 Å². The van der Waals surface area contributed by atoms with Gasteiger partial charge in [-0.1, -0.05) is 62.7 Å². The predicted octanol–water partition coefficient (Wildman–Crippen LogP) is 6.11. The fourth-order valence-electron chi connectivity index (χ4n) is 4.28. The first-order valence-electron chi connectivity index (χ1n) is 11.4. The van der Waals surface area contributed by atoms with E-state index in [0.29, 0.717) is 16.6 Å². The number of hydrogen-bond acceptors (Lipinski definition) is 5. The summed E-state index contributed by atoms with van der Waals surface area (Å²) in [7, 11) is -2.21. The molecule has 3 atom stereocenters. The Hall–Kier alpha value is -1.40. The molecule has 1 aliphatic heterocycles. The Morgan fingerprint density at radius 3 is 2.70 bits per heavy atom. The maximum atomic E-state index is 11.5. The number of rotatable bonds is 5. The van der Waals surface area contributed by atoms with E-state index >= 15 is 0 Å². The van der Waals surface area contributed by atoms with E-state index in [4.69, 9.17) is 25.4 Å². The summed E-state index contributed by atoms with van der Waals surface area (Å²) in [4.78, 5) is 9.40. The van der Waals surface area contributed by atoms with Crippen molar-refractivity contribution in [2.45, 2.75) is 58.6 Å². The zero-order chi connectivity index (χ0) is 24.1. The molecule has 6 nitrogen and oxygen atoms in total. The number of phosphoric acid groups is 1. The van der Waals surface area contributed by atoms with Crippen LogP contribution in [0.25, 0.3) is 0 Å². The van der Waals surface area contributed by atoms with Gasteiger partial charge in [0.2, 0.25) is 0 Å². The fraction of sp³-hybridized carbons (Fsp3) is 0.520. The van der Waals surface area contributed by atoms with E-state index in [0.717, 1.165) is 25.1 Å². The number of nitrogens with one attached hydrogen (secondary N) is 1. The lowest BCUT2D eigenvalue weighted by Gasteiger charge is -2.39. The zero-order valence-electron chi connectivity index (χ0n) is 19.8. The minimum absolute atomic E-state index is 0.149. The van der Waals surface area contributed by atoms with Crippen LogP contribution in [-0.4, -0.2) is 31.2 Å². The maximum absolute atomic E-state index is 11.5. The lowest BCUT2D eigenvalue weighted by atomic mass is 9.83. The lowest BCUT2D eigenvalue weighted by molar-refractivity contribution is -0.0472. The third-order valence-corrected chi connectivity index (χ3v) is 7.35. The van der Waals surface area contributed by atoms with Crippen LogP contribution in [0, 0.1) is 5.41 Å². The summed E-state index contributed by atoms with van der Waals surface area (Å²) < 4.78 is 26.9. The van der Waals surface area contributed by atoms with E-state index in [1.807, 2.05) is 19.9 Å². The quantitative estimate of drug-likeness (QED) is 0.487. The molecule has 2 unspecified atom stereocenters. The Morgan fingerprint density at radius 2 is 2.00 bits per heavy atom. The summed E-state index contributed by atoms with van der Waals surface area (Å²) in [5.74, 6) is 1.06. The van der Waals surface area contributed by atoms with Gasteiger partial charge < -0.3 is 14.9 Å². The molecule has 1 fully saturated rings. The first-order chi connectivity index (χ1) is 15.7. The van der Waals surface area contributed by atoms with Crippen molar-refractivity contribution in [1.29, 1.82) is 0 Å². The number of fused-ring (bicyclic) bond motifs is 1. The molecule has 1 aliphatic carbocycles. The normalized spacial score (nSPS) is 26.0. The van der Waals surface area contributed by atoms with Gasteiger partial charge in [0.05, 0.1) is 13.7 Å². The van der Waals surface area contributed by atoms with Crippen molar-refractivity contribution in [2.24, 2.45) is 5.41 Å². The predicted molar refractivity (Wildman–Crippen MR) is 132 cm³/mol. The van der Waals surface area contributed by atoms with Crippen molar-refractivity contribution >= 4 is 19.4 Å². The Labute approximate surface area is 202 Å². The van der Waals surface area contributed by atoms with E-state index in [2.05, 4.69) is 30.4 Å². The molecule has 1 saturated heterocycles. The molecular formula is C25H35ClNO5P. The summed E-state index contributed by atoms with van der Waals surface area (Å²) in [6.45, 7) is 7.30.